The zero-order valence-corrected chi connectivity index (χ0v) is 13.7. The van der Waals surface area contributed by atoms with Gasteiger partial charge >= 0.3 is 0 Å². The molecule has 1 saturated heterocycles. The predicted molar refractivity (Wildman–Crippen MR) is 85.0 cm³/mol. The van der Waals surface area contributed by atoms with Gasteiger partial charge < -0.3 is 19.5 Å². The fourth-order valence-corrected chi connectivity index (χ4v) is 2.73. The summed E-state index contributed by atoms with van der Waals surface area (Å²) in [7, 11) is 5.65. The van der Waals surface area contributed by atoms with Crippen molar-refractivity contribution in [2.45, 2.75) is 25.2 Å². The lowest BCUT2D eigenvalue weighted by Gasteiger charge is -2.20. The van der Waals surface area contributed by atoms with Gasteiger partial charge in [-0.25, -0.2) is 0 Å². The maximum absolute atomic E-state index is 9.79. The number of pyridine rings is 1. The van der Waals surface area contributed by atoms with E-state index in [0.717, 1.165) is 37.5 Å². The van der Waals surface area contributed by atoms with Crippen LogP contribution >= 0.6 is 0 Å². The summed E-state index contributed by atoms with van der Waals surface area (Å²) in [6.45, 7) is 3.60. The van der Waals surface area contributed by atoms with E-state index in [-0.39, 0.29) is 6.10 Å². The molecule has 0 aliphatic carbocycles. The second-order valence-corrected chi connectivity index (χ2v) is 6.12. The molecule has 124 valence electrons. The first-order valence-corrected chi connectivity index (χ1v) is 7.72. The average Bonchev–Trinajstić information content (AvgIpc) is 2.85. The van der Waals surface area contributed by atoms with Gasteiger partial charge in [-0.2, -0.15) is 0 Å². The third-order valence-electron chi connectivity index (χ3n) is 3.63. The molecule has 1 N–H and O–H groups in total. The number of aromatic nitrogens is 1. The number of hydrogen-bond donors (Lipinski definition) is 1. The number of β-amino-alcohol motifs (C(OH)–C–C–N with tert-alkyl or cyclic N) is 1. The van der Waals surface area contributed by atoms with E-state index in [1.54, 1.807) is 13.3 Å². The average molecular weight is 309 g/mol. The highest BCUT2D eigenvalue weighted by atomic mass is 16.5. The maximum atomic E-state index is 9.79. The Labute approximate surface area is 132 Å². The van der Waals surface area contributed by atoms with E-state index < -0.39 is 6.10 Å². The molecule has 1 aliphatic heterocycles. The molecular weight excluding hydrogens is 282 g/mol. The summed E-state index contributed by atoms with van der Waals surface area (Å²) >= 11 is 0. The maximum Gasteiger partial charge on any atom is 0.123 e. The van der Waals surface area contributed by atoms with Crippen molar-refractivity contribution >= 4 is 0 Å². The third-order valence-corrected chi connectivity index (χ3v) is 3.63. The van der Waals surface area contributed by atoms with Gasteiger partial charge in [0.1, 0.15) is 11.9 Å². The number of nitrogens with zero attached hydrogens (tertiary/aromatic N) is 3. The van der Waals surface area contributed by atoms with Crippen LogP contribution in [-0.2, 0) is 11.3 Å². The minimum Gasteiger partial charge on any atom is -0.489 e. The van der Waals surface area contributed by atoms with Gasteiger partial charge in [-0.1, -0.05) is 0 Å². The quantitative estimate of drug-likeness (QED) is 0.759. The van der Waals surface area contributed by atoms with E-state index in [2.05, 4.69) is 14.8 Å². The monoisotopic (exact) mass is 309 g/mol. The van der Waals surface area contributed by atoms with Gasteiger partial charge in [0.25, 0.3) is 0 Å². The molecule has 1 fully saturated rings. The Morgan fingerprint density at radius 2 is 2.32 bits per heavy atom. The molecule has 0 saturated carbocycles. The lowest BCUT2D eigenvalue weighted by Crippen LogP contribution is -2.34. The number of methoxy groups -OCH3 is 1. The van der Waals surface area contributed by atoms with Gasteiger partial charge in [0.15, 0.2) is 0 Å². The highest BCUT2D eigenvalue weighted by Crippen LogP contribution is 2.19. The molecule has 22 heavy (non-hydrogen) atoms. The molecule has 6 heteroatoms. The Hall–Kier alpha value is -1.21. The van der Waals surface area contributed by atoms with Crippen LogP contribution in [0.1, 0.15) is 12.1 Å². The molecule has 1 aromatic heterocycles. The summed E-state index contributed by atoms with van der Waals surface area (Å²) in [5, 5.41) is 9.79. The van der Waals surface area contributed by atoms with Crippen LogP contribution in [0, 0.1) is 0 Å². The van der Waals surface area contributed by atoms with Crippen molar-refractivity contribution in [2.75, 3.05) is 47.4 Å². The molecule has 2 rings (SSSR count). The van der Waals surface area contributed by atoms with E-state index in [1.165, 1.54) is 0 Å². The summed E-state index contributed by atoms with van der Waals surface area (Å²) in [5.74, 6) is 0.871. The van der Waals surface area contributed by atoms with Gasteiger partial charge in [-0.05, 0) is 26.6 Å². The first kappa shape index (κ1) is 17.1. The summed E-state index contributed by atoms with van der Waals surface area (Å²) < 4.78 is 11.0. The highest BCUT2D eigenvalue weighted by Gasteiger charge is 2.25. The second-order valence-electron chi connectivity index (χ2n) is 6.12. The topological polar surface area (TPSA) is 58.1 Å². The van der Waals surface area contributed by atoms with Crippen molar-refractivity contribution in [1.82, 2.24) is 14.8 Å². The molecular formula is C16H27N3O3. The zero-order chi connectivity index (χ0) is 15.9. The van der Waals surface area contributed by atoms with Gasteiger partial charge in [-0.15, -0.1) is 0 Å². The molecule has 2 heterocycles. The van der Waals surface area contributed by atoms with Crippen molar-refractivity contribution in [2.24, 2.45) is 0 Å². The smallest absolute Gasteiger partial charge is 0.123 e. The van der Waals surface area contributed by atoms with Crippen LogP contribution in [0.2, 0.25) is 0 Å². The van der Waals surface area contributed by atoms with E-state index in [9.17, 15) is 5.11 Å². The first-order valence-electron chi connectivity index (χ1n) is 7.72. The minimum absolute atomic E-state index is 0.171. The van der Waals surface area contributed by atoms with E-state index in [0.29, 0.717) is 13.2 Å². The fraction of sp³-hybridized carbons (Fsp3) is 0.688. The highest BCUT2D eigenvalue weighted by molar-refractivity contribution is 5.23. The van der Waals surface area contributed by atoms with Gasteiger partial charge in [0, 0.05) is 45.6 Å². The number of rotatable bonds is 8. The SMILES string of the molecule is COC[C@@H](O)CN1CCC(Oc2ccnc(CN(C)C)c2)C1. The molecule has 1 aliphatic rings. The Kier molecular flexibility index (Phi) is 6.57. The molecule has 2 atom stereocenters. The van der Waals surface area contributed by atoms with E-state index in [4.69, 9.17) is 9.47 Å². The van der Waals surface area contributed by atoms with Crippen LogP contribution in [0.15, 0.2) is 18.3 Å². The first-order chi connectivity index (χ1) is 10.6. The van der Waals surface area contributed by atoms with Crippen molar-refractivity contribution in [1.29, 1.82) is 0 Å². The molecule has 0 amide bonds. The number of aliphatic hydroxyl groups is 1. The molecule has 0 bridgehead atoms. The number of hydrogen-bond acceptors (Lipinski definition) is 6. The Bertz CT molecular complexity index is 456. The molecule has 1 unspecified atom stereocenters. The van der Waals surface area contributed by atoms with Gasteiger partial charge in [0.05, 0.1) is 18.4 Å². The summed E-state index contributed by atoms with van der Waals surface area (Å²) in [5.41, 5.74) is 1.01. The standard InChI is InChI=1S/C16H27N3O3/c1-18(2)9-13-8-15(4-6-17-13)22-16-5-7-19(11-16)10-14(20)12-21-3/h4,6,8,14,16,20H,5,7,9-12H2,1-3H3/t14-,16?/m0/s1. The zero-order valence-electron chi connectivity index (χ0n) is 13.7. The van der Waals surface area contributed by atoms with Crippen molar-refractivity contribution in [3.8, 4) is 5.75 Å². The lowest BCUT2D eigenvalue weighted by molar-refractivity contribution is 0.0407. The number of aliphatic hydroxyl groups excluding tert-OH is 1. The van der Waals surface area contributed by atoms with E-state index >= 15 is 0 Å². The van der Waals surface area contributed by atoms with Crippen LogP contribution in [-0.4, -0.2) is 79.5 Å². The fourth-order valence-electron chi connectivity index (χ4n) is 2.73. The molecule has 6 nitrogen and oxygen atoms in total. The molecule has 0 radical (unpaired) electrons. The molecule has 0 spiro atoms. The van der Waals surface area contributed by atoms with Crippen LogP contribution in [0.5, 0.6) is 5.75 Å². The van der Waals surface area contributed by atoms with Crippen LogP contribution in [0.25, 0.3) is 0 Å². The normalized spacial score (nSPS) is 20.5. The van der Waals surface area contributed by atoms with Crippen LogP contribution in [0.4, 0.5) is 0 Å². The van der Waals surface area contributed by atoms with Crippen molar-refractivity contribution in [3.63, 3.8) is 0 Å². The van der Waals surface area contributed by atoms with Gasteiger partial charge in [0.2, 0.25) is 0 Å². The summed E-state index contributed by atoms with van der Waals surface area (Å²) in [4.78, 5) is 8.65. The predicted octanol–water partition coefficient (Wildman–Crippen LogP) is 0.604. The Morgan fingerprint density at radius 3 is 3.05 bits per heavy atom. The Balaban J connectivity index is 1.82. The van der Waals surface area contributed by atoms with Crippen molar-refractivity contribution in [3.05, 3.63) is 24.0 Å². The number of ether oxygens (including phenoxy) is 2. The van der Waals surface area contributed by atoms with Gasteiger partial charge in [-0.3, -0.25) is 9.88 Å². The molecule has 1 aromatic rings. The van der Waals surface area contributed by atoms with Crippen molar-refractivity contribution < 1.29 is 14.6 Å². The largest absolute Gasteiger partial charge is 0.489 e. The lowest BCUT2D eigenvalue weighted by atomic mass is 10.3. The van der Waals surface area contributed by atoms with Crippen LogP contribution < -0.4 is 4.74 Å². The second kappa shape index (κ2) is 8.43. The number of likely N-dealkylation sites (tertiary alicyclic amines) is 1. The Morgan fingerprint density at radius 1 is 1.50 bits per heavy atom. The summed E-state index contributed by atoms with van der Waals surface area (Å²) in [6.07, 6.45) is 2.51. The van der Waals surface area contributed by atoms with Crippen LogP contribution in [0.3, 0.4) is 0 Å². The summed E-state index contributed by atoms with van der Waals surface area (Å²) in [6, 6.07) is 3.91. The van der Waals surface area contributed by atoms with E-state index in [1.807, 2.05) is 26.2 Å². The minimum atomic E-state index is -0.434. The third kappa shape index (κ3) is 5.53. The molecule has 0 aromatic carbocycles.